The van der Waals surface area contributed by atoms with Gasteiger partial charge in [-0.15, -0.1) is 0 Å². The summed E-state index contributed by atoms with van der Waals surface area (Å²) in [6.07, 6.45) is 2.16. The van der Waals surface area contributed by atoms with Gasteiger partial charge >= 0.3 is 0 Å². The molecule has 4 rings (SSSR count). The number of carbonyl (C=O) groups is 1. The molecule has 0 aromatic heterocycles. The lowest BCUT2D eigenvalue weighted by Crippen LogP contribution is -2.47. The summed E-state index contributed by atoms with van der Waals surface area (Å²) in [6.45, 7) is 7.01. The number of nitrogens with zero attached hydrogens (tertiary/aromatic N) is 2. The molecule has 2 aliphatic heterocycles. The maximum atomic E-state index is 13.5. The largest absolute Gasteiger partial charge is 0.378 e. The standard InChI is InChI=1S/C23H28N2O2/c1-23(19-8-3-2-4-9-19)12-7-13-25(18-23)22(26)20-10-5-6-11-21(20)24-14-16-27-17-15-24/h2-6,8-11H,7,12-18H2,1H3. The Bertz CT molecular complexity index is 786. The van der Waals surface area contributed by atoms with E-state index in [1.807, 2.05) is 18.2 Å². The number of para-hydroxylation sites is 1. The van der Waals surface area contributed by atoms with Crippen LogP contribution < -0.4 is 4.90 Å². The number of hydrogen-bond donors (Lipinski definition) is 0. The highest BCUT2D eigenvalue weighted by Gasteiger charge is 2.35. The number of hydrogen-bond acceptors (Lipinski definition) is 3. The maximum absolute atomic E-state index is 13.5. The molecule has 0 bridgehead atoms. The first kappa shape index (κ1) is 18.1. The van der Waals surface area contributed by atoms with Crippen LogP contribution in [0.5, 0.6) is 0 Å². The molecule has 1 amide bonds. The van der Waals surface area contributed by atoms with Crippen molar-refractivity contribution in [1.29, 1.82) is 0 Å². The SMILES string of the molecule is CC1(c2ccccc2)CCCN(C(=O)c2ccccc2N2CCOCC2)C1. The van der Waals surface area contributed by atoms with Crippen LogP contribution in [-0.4, -0.2) is 50.2 Å². The van der Waals surface area contributed by atoms with Gasteiger partial charge in [0, 0.05) is 37.3 Å². The molecule has 2 fully saturated rings. The summed E-state index contributed by atoms with van der Waals surface area (Å²) in [6, 6.07) is 18.6. The highest BCUT2D eigenvalue weighted by molar-refractivity contribution is 6.00. The van der Waals surface area contributed by atoms with E-state index in [2.05, 4.69) is 53.1 Å². The smallest absolute Gasteiger partial charge is 0.255 e. The summed E-state index contributed by atoms with van der Waals surface area (Å²) in [4.78, 5) is 17.8. The van der Waals surface area contributed by atoms with E-state index in [1.165, 1.54) is 5.56 Å². The molecule has 0 spiro atoms. The van der Waals surface area contributed by atoms with Crippen molar-refractivity contribution >= 4 is 11.6 Å². The van der Waals surface area contributed by atoms with Crippen LogP contribution in [0.25, 0.3) is 0 Å². The molecule has 2 aromatic carbocycles. The van der Waals surface area contributed by atoms with Gasteiger partial charge in [0.2, 0.25) is 0 Å². The third-order valence-corrected chi connectivity index (χ3v) is 5.94. The fraction of sp³-hybridized carbons (Fsp3) is 0.435. The van der Waals surface area contributed by atoms with Crippen molar-refractivity contribution < 1.29 is 9.53 Å². The normalized spacial score (nSPS) is 23.3. The summed E-state index contributed by atoms with van der Waals surface area (Å²) in [5, 5.41) is 0. The Morgan fingerprint density at radius 1 is 0.963 bits per heavy atom. The molecule has 0 aliphatic carbocycles. The number of morpholine rings is 1. The molecule has 4 nitrogen and oxygen atoms in total. The Kier molecular flexibility index (Phi) is 5.17. The average Bonchev–Trinajstić information content (AvgIpc) is 2.74. The van der Waals surface area contributed by atoms with Gasteiger partial charge in [-0.2, -0.15) is 0 Å². The van der Waals surface area contributed by atoms with Gasteiger partial charge < -0.3 is 14.5 Å². The first-order chi connectivity index (χ1) is 13.2. The predicted molar refractivity (Wildman–Crippen MR) is 108 cm³/mol. The molecule has 2 aliphatic rings. The molecule has 0 radical (unpaired) electrons. The zero-order chi connectivity index (χ0) is 18.7. The van der Waals surface area contributed by atoms with E-state index in [4.69, 9.17) is 4.74 Å². The lowest BCUT2D eigenvalue weighted by molar-refractivity contribution is 0.0650. The molecule has 27 heavy (non-hydrogen) atoms. The molecule has 2 aromatic rings. The van der Waals surface area contributed by atoms with Gasteiger partial charge in [0.05, 0.1) is 18.8 Å². The molecular weight excluding hydrogens is 336 g/mol. The summed E-state index contributed by atoms with van der Waals surface area (Å²) in [7, 11) is 0. The first-order valence-electron chi connectivity index (χ1n) is 9.94. The van der Waals surface area contributed by atoms with Crippen LogP contribution in [0.2, 0.25) is 0 Å². The second-order valence-electron chi connectivity index (χ2n) is 7.87. The van der Waals surface area contributed by atoms with E-state index in [9.17, 15) is 4.79 Å². The predicted octanol–water partition coefficient (Wildman–Crippen LogP) is 3.72. The van der Waals surface area contributed by atoms with E-state index in [0.29, 0.717) is 0 Å². The minimum Gasteiger partial charge on any atom is -0.378 e. The fourth-order valence-electron chi connectivity index (χ4n) is 4.39. The van der Waals surface area contributed by atoms with Crippen LogP contribution in [0.1, 0.15) is 35.7 Å². The summed E-state index contributed by atoms with van der Waals surface area (Å²) in [5.74, 6) is 0.152. The summed E-state index contributed by atoms with van der Waals surface area (Å²) in [5.41, 5.74) is 3.20. The van der Waals surface area contributed by atoms with Crippen molar-refractivity contribution in [3.8, 4) is 0 Å². The van der Waals surface area contributed by atoms with Gasteiger partial charge in [-0.25, -0.2) is 0 Å². The van der Waals surface area contributed by atoms with Gasteiger partial charge in [0.25, 0.3) is 5.91 Å². The van der Waals surface area contributed by atoms with Crippen LogP contribution in [0.3, 0.4) is 0 Å². The molecule has 0 N–H and O–H groups in total. The number of carbonyl (C=O) groups excluding carboxylic acids is 1. The topological polar surface area (TPSA) is 32.8 Å². The van der Waals surface area contributed by atoms with E-state index in [1.54, 1.807) is 0 Å². The second-order valence-corrected chi connectivity index (χ2v) is 7.87. The Balaban J connectivity index is 1.58. The van der Waals surface area contributed by atoms with Crippen molar-refractivity contribution in [3.63, 3.8) is 0 Å². The Morgan fingerprint density at radius 3 is 2.44 bits per heavy atom. The Hall–Kier alpha value is -2.33. The van der Waals surface area contributed by atoms with Gasteiger partial charge in [-0.05, 0) is 30.5 Å². The molecule has 1 unspecified atom stereocenters. The second kappa shape index (κ2) is 7.73. The van der Waals surface area contributed by atoms with Crippen molar-refractivity contribution in [1.82, 2.24) is 4.90 Å². The van der Waals surface area contributed by atoms with E-state index in [-0.39, 0.29) is 11.3 Å². The van der Waals surface area contributed by atoms with Crippen LogP contribution >= 0.6 is 0 Å². The maximum Gasteiger partial charge on any atom is 0.255 e. The Labute approximate surface area is 161 Å². The molecule has 1 atom stereocenters. The number of likely N-dealkylation sites (tertiary alicyclic amines) is 1. The van der Waals surface area contributed by atoms with Crippen LogP contribution in [0, 0.1) is 0 Å². The number of ether oxygens (including phenoxy) is 1. The third kappa shape index (κ3) is 3.72. The lowest BCUT2D eigenvalue weighted by atomic mass is 9.76. The highest BCUT2D eigenvalue weighted by Crippen LogP contribution is 2.35. The lowest BCUT2D eigenvalue weighted by Gasteiger charge is -2.41. The van der Waals surface area contributed by atoms with E-state index < -0.39 is 0 Å². The summed E-state index contributed by atoms with van der Waals surface area (Å²) >= 11 is 0. The first-order valence-corrected chi connectivity index (χ1v) is 9.94. The number of rotatable bonds is 3. The van der Waals surface area contributed by atoms with Gasteiger partial charge in [-0.3, -0.25) is 4.79 Å². The molecule has 4 heteroatoms. The highest BCUT2D eigenvalue weighted by atomic mass is 16.5. The van der Waals surface area contributed by atoms with Crippen LogP contribution in [-0.2, 0) is 10.2 Å². The van der Waals surface area contributed by atoms with Gasteiger partial charge in [-0.1, -0.05) is 49.4 Å². The van der Waals surface area contributed by atoms with Crippen molar-refractivity contribution in [2.24, 2.45) is 0 Å². The summed E-state index contributed by atoms with van der Waals surface area (Å²) < 4.78 is 5.48. The van der Waals surface area contributed by atoms with Crippen LogP contribution in [0.4, 0.5) is 5.69 Å². The Morgan fingerprint density at radius 2 is 1.67 bits per heavy atom. The number of benzene rings is 2. The van der Waals surface area contributed by atoms with E-state index >= 15 is 0 Å². The molecule has 2 saturated heterocycles. The molecule has 2 heterocycles. The van der Waals surface area contributed by atoms with Crippen molar-refractivity contribution in [2.75, 3.05) is 44.3 Å². The minimum absolute atomic E-state index is 0.0169. The molecule has 142 valence electrons. The van der Waals surface area contributed by atoms with Crippen molar-refractivity contribution in [2.45, 2.75) is 25.2 Å². The zero-order valence-corrected chi connectivity index (χ0v) is 16.1. The monoisotopic (exact) mass is 364 g/mol. The van der Waals surface area contributed by atoms with Crippen molar-refractivity contribution in [3.05, 3.63) is 65.7 Å². The molecule has 0 saturated carbocycles. The third-order valence-electron chi connectivity index (χ3n) is 5.94. The minimum atomic E-state index is 0.0169. The number of amides is 1. The zero-order valence-electron chi connectivity index (χ0n) is 16.1. The molecular formula is C23H28N2O2. The number of anilines is 1. The quantitative estimate of drug-likeness (QED) is 0.832. The average molecular weight is 364 g/mol. The van der Waals surface area contributed by atoms with E-state index in [0.717, 1.165) is 63.5 Å². The fourth-order valence-corrected chi connectivity index (χ4v) is 4.39. The van der Waals surface area contributed by atoms with Gasteiger partial charge in [0.15, 0.2) is 0 Å². The number of piperidine rings is 1. The van der Waals surface area contributed by atoms with Gasteiger partial charge in [0.1, 0.15) is 0 Å². The van der Waals surface area contributed by atoms with Crippen LogP contribution in [0.15, 0.2) is 54.6 Å².